The summed E-state index contributed by atoms with van der Waals surface area (Å²) in [4.78, 5) is 19.1. The number of amides is 1. The molecule has 0 bridgehead atoms. The van der Waals surface area contributed by atoms with E-state index in [-0.39, 0.29) is 5.91 Å². The van der Waals surface area contributed by atoms with Crippen LogP contribution in [0.5, 0.6) is 0 Å². The zero-order valence-electron chi connectivity index (χ0n) is 15.4. The van der Waals surface area contributed by atoms with Gasteiger partial charge in [-0.2, -0.15) is 0 Å². The number of pyridine rings is 1. The number of piperidine rings is 1. The smallest absolute Gasteiger partial charge is 0.269 e. The van der Waals surface area contributed by atoms with Crippen molar-refractivity contribution in [2.24, 2.45) is 0 Å². The van der Waals surface area contributed by atoms with Gasteiger partial charge in [0.25, 0.3) is 5.91 Å². The lowest BCUT2D eigenvalue weighted by Gasteiger charge is -2.33. The number of benzene rings is 1. The van der Waals surface area contributed by atoms with Crippen molar-refractivity contribution >= 4 is 5.91 Å². The predicted molar refractivity (Wildman–Crippen MR) is 102 cm³/mol. The third-order valence-corrected chi connectivity index (χ3v) is 4.82. The van der Waals surface area contributed by atoms with Crippen LogP contribution < -0.4 is 5.32 Å². The van der Waals surface area contributed by atoms with Crippen molar-refractivity contribution in [1.82, 2.24) is 15.2 Å². The Bertz CT molecular complexity index is 705. The third kappa shape index (κ3) is 5.13. The van der Waals surface area contributed by atoms with Crippen LogP contribution >= 0.6 is 0 Å². The van der Waals surface area contributed by atoms with Crippen molar-refractivity contribution in [3.05, 3.63) is 65.5 Å². The molecule has 1 aliphatic heterocycles. The Balaban J connectivity index is 1.47. The Morgan fingerprint density at radius 2 is 2.08 bits per heavy atom. The second-order valence-corrected chi connectivity index (χ2v) is 6.75. The van der Waals surface area contributed by atoms with Crippen molar-refractivity contribution in [3.8, 4) is 0 Å². The molecule has 1 fully saturated rings. The number of likely N-dealkylation sites (tertiary alicyclic amines) is 1. The van der Waals surface area contributed by atoms with Crippen LogP contribution in [-0.2, 0) is 11.3 Å². The molecule has 5 nitrogen and oxygen atoms in total. The molecule has 3 rings (SSSR count). The Morgan fingerprint density at radius 3 is 2.88 bits per heavy atom. The zero-order chi connectivity index (χ0) is 18.2. The monoisotopic (exact) mass is 353 g/mol. The van der Waals surface area contributed by atoms with Gasteiger partial charge in [0.2, 0.25) is 0 Å². The van der Waals surface area contributed by atoms with Crippen LogP contribution in [0.15, 0.2) is 48.5 Å². The Labute approximate surface area is 155 Å². The maximum atomic E-state index is 12.3. The van der Waals surface area contributed by atoms with Gasteiger partial charge < -0.3 is 15.0 Å². The van der Waals surface area contributed by atoms with Crippen LogP contribution in [0.2, 0.25) is 0 Å². The summed E-state index contributed by atoms with van der Waals surface area (Å²) in [6, 6.07) is 16.2. The summed E-state index contributed by atoms with van der Waals surface area (Å²) in [6.07, 6.45) is 2.44. The van der Waals surface area contributed by atoms with E-state index < -0.39 is 0 Å². The number of ether oxygens (including phenoxy) is 1. The van der Waals surface area contributed by atoms with E-state index in [1.165, 1.54) is 18.4 Å². The van der Waals surface area contributed by atoms with E-state index in [0.29, 0.717) is 24.8 Å². The van der Waals surface area contributed by atoms with Gasteiger partial charge in [0.05, 0.1) is 12.3 Å². The van der Waals surface area contributed by atoms with Gasteiger partial charge in [0.15, 0.2) is 0 Å². The largest absolute Gasteiger partial charge is 0.378 e. The normalized spacial score (nSPS) is 17.8. The van der Waals surface area contributed by atoms with Gasteiger partial charge in [-0.25, -0.2) is 4.98 Å². The first-order valence-electron chi connectivity index (χ1n) is 9.26. The van der Waals surface area contributed by atoms with Crippen LogP contribution in [0.25, 0.3) is 0 Å². The number of aromatic nitrogens is 1. The standard InChI is InChI=1S/C21H27N3O2/c1-26-16-19-10-5-11-20(23-19)21(25)22-12-14-24-13-6-9-18(15-24)17-7-3-2-4-8-17/h2-5,7-8,10-11,18H,6,9,12-16H2,1H3,(H,22,25). The second kappa shape index (κ2) is 9.46. The molecule has 5 heteroatoms. The van der Waals surface area contributed by atoms with Crippen molar-refractivity contribution in [2.45, 2.75) is 25.4 Å². The SMILES string of the molecule is COCc1cccc(C(=O)NCCN2CCCC(c3ccccc3)C2)n1. The molecular weight excluding hydrogens is 326 g/mol. The van der Waals surface area contributed by atoms with E-state index in [1.807, 2.05) is 12.1 Å². The summed E-state index contributed by atoms with van der Waals surface area (Å²) in [6.45, 7) is 4.07. The maximum absolute atomic E-state index is 12.3. The topological polar surface area (TPSA) is 54.5 Å². The van der Waals surface area contributed by atoms with Gasteiger partial charge in [-0.3, -0.25) is 4.79 Å². The fourth-order valence-corrected chi connectivity index (χ4v) is 3.51. The molecule has 0 saturated carbocycles. The highest BCUT2D eigenvalue weighted by molar-refractivity contribution is 5.92. The van der Waals surface area contributed by atoms with Crippen LogP contribution in [0.1, 0.15) is 40.5 Å². The molecule has 2 heterocycles. The molecule has 26 heavy (non-hydrogen) atoms. The molecule has 0 radical (unpaired) electrons. The molecule has 138 valence electrons. The van der Waals surface area contributed by atoms with Gasteiger partial charge in [-0.05, 0) is 43.0 Å². The van der Waals surface area contributed by atoms with E-state index in [4.69, 9.17) is 4.74 Å². The molecule has 1 amide bonds. The zero-order valence-corrected chi connectivity index (χ0v) is 15.4. The first-order chi connectivity index (χ1) is 12.8. The minimum absolute atomic E-state index is 0.125. The maximum Gasteiger partial charge on any atom is 0.269 e. The van der Waals surface area contributed by atoms with E-state index >= 15 is 0 Å². The number of hydrogen-bond donors (Lipinski definition) is 1. The molecule has 2 aromatic rings. The van der Waals surface area contributed by atoms with Crippen LogP contribution in [0, 0.1) is 0 Å². The molecule has 1 aromatic carbocycles. The summed E-state index contributed by atoms with van der Waals surface area (Å²) in [5, 5.41) is 2.99. The van der Waals surface area contributed by atoms with E-state index in [2.05, 4.69) is 45.5 Å². The predicted octanol–water partition coefficient (Wildman–Crippen LogP) is 2.84. The quantitative estimate of drug-likeness (QED) is 0.832. The summed E-state index contributed by atoms with van der Waals surface area (Å²) in [5.41, 5.74) is 2.63. The van der Waals surface area contributed by atoms with Crippen LogP contribution in [0.3, 0.4) is 0 Å². The average molecular weight is 353 g/mol. The Morgan fingerprint density at radius 1 is 1.23 bits per heavy atom. The Hall–Kier alpha value is -2.24. The molecule has 1 saturated heterocycles. The summed E-state index contributed by atoms with van der Waals surface area (Å²) >= 11 is 0. The highest BCUT2D eigenvalue weighted by atomic mass is 16.5. The first-order valence-corrected chi connectivity index (χ1v) is 9.26. The molecule has 1 aliphatic rings. The van der Waals surface area contributed by atoms with Crippen LogP contribution in [0.4, 0.5) is 0 Å². The van der Waals surface area contributed by atoms with Gasteiger partial charge in [-0.1, -0.05) is 36.4 Å². The lowest BCUT2D eigenvalue weighted by Crippen LogP contribution is -2.40. The van der Waals surface area contributed by atoms with Gasteiger partial charge in [0.1, 0.15) is 5.69 Å². The lowest BCUT2D eigenvalue weighted by molar-refractivity contribution is 0.0939. The molecule has 1 aromatic heterocycles. The van der Waals surface area contributed by atoms with Gasteiger partial charge in [-0.15, -0.1) is 0 Å². The van der Waals surface area contributed by atoms with Gasteiger partial charge >= 0.3 is 0 Å². The molecular formula is C21H27N3O2. The van der Waals surface area contributed by atoms with Crippen molar-refractivity contribution < 1.29 is 9.53 Å². The third-order valence-electron chi connectivity index (χ3n) is 4.82. The highest BCUT2D eigenvalue weighted by Crippen LogP contribution is 2.26. The minimum atomic E-state index is -0.125. The minimum Gasteiger partial charge on any atom is -0.378 e. The van der Waals surface area contributed by atoms with Crippen molar-refractivity contribution in [2.75, 3.05) is 33.3 Å². The number of rotatable bonds is 7. The Kier molecular flexibility index (Phi) is 6.75. The highest BCUT2D eigenvalue weighted by Gasteiger charge is 2.21. The van der Waals surface area contributed by atoms with Crippen molar-refractivity contribution in [1.29, 1.82) is 0 Å². The first kappa shape index (κ1) is 18.5. The average Bonchev–Trinajstić information content (AvgIpc) is 2.69. The van der Waals surface area contributed by atoms with Gasteiger partial charge in [0, 0.05) is 26.7 Å². The number of carbonyl (C=O) groups is 1. The fourth-order valence-electron chi connectivity index (χ4n) is 3.51. The molecule has 1 atom stereocenters. The second-order valence-electron chi connectivity index (χ2n) is 6.75. The number of carbonyl (C=O) groups excluding carboxylic acids is 1. The summed E-state index contributed by atoms with van der Waals surface area (Å²) in [5.74, 6) is 0.465. The van der Waals surface area contributed by atoms with E-state index in [1.54, 1.807) is 13.2 Å². The van der Waals surface area contributed by atoms with E-state index in [9.17, 15) is 4.79 Å². The number of nitrogens with one attached hydrogen (secondary N) is 1. The fraction of sp³-hybridized carbons (Fsp3) is 0.429. The number of nitrogens with zero attached hydrogens (tertiary/aromatic N) is 2. The molecule has 0 aliphatic carbocycles. The molecule has 1 unspecified atom stereocenters. The number of hydrogen-bond acceptors (Lipinski definition) is 4. The molecule has 1 N–H and O–H groups in total. The number of methoxy groups -OCH3 is 1. The van der Waals surface area contributed by atoms with E-state index in [0.717, 1.165) is 25.3 Å². The lowest BCUT2D eigenvalue weighted by atomic mass is 9.91. The summed E-state index contributed by atoms with van der Waals surface area (Å²) in [7, 11) is 1.62. The van der Waals surface area contributed by atoms with Crippen molar-refractivity contribution in [3.63, 3.8) is 0 Å². The molecule has 0 spiro atoms. The summed E-state index contributed by atoms with van der Waals surface area (Å²) < 4.78 is 5.07. The van der Waals surface area contributed by atoms with Crippen LogP contribution in [-0.4, -0.2) is 49.1 Å².